The number of nitrogens with zero attached hydrogens (tertiary/aromatic N) is 7. The third-order valence-corrected chi connectivity index (χ3v) is 8.09. The van der Waals surface area contributed by atoms with Gasteiger partial charge in [-0.2, -0.15) is 20.6 Å². The van der Waals surface area contributed by atoms with Gasteiger partial charge in [0.25, 0.3) is 11.5 Å². The van der Waals surface area contributed by atoms with Crippen LogP contribution < -0.4 is 16.2 Å². The van der Waals surface area contributed by atoms with Crippen LogP contribution in [0.25, 0.3) is 16.6 Å². The Hall–Kier alpha value is -5.42. The van der Waals surface area contributed by atoms with Gasteiger partial charge in [0.05, 0.1) is 29.9 Å². The van der Waals surface area contributed by atoms with Gasteiger partial charge in [0.2, 0.25) is 0 Å². The van der Waals surface area contributed by atoms with Gasteiger partial charge < -0.3 is 15.4 Å². The van der Waals surface area contributed by atoms with Crippen molar-refractivity contribution in [3.8, 4) is 11.9 Å². The fourth-order valence-corrected chi connectivity index (χ4v) is 5.57. The number of benzene rings is 1. The van der Waals surface area contributed by atoms with Crippen LogP contribution in [0.5, 0.6) is 0 Å². The zero-order valence-electron chi connectivity index (χ0n) is 24.0. The largest absolute Gasteiger partial charge is 0.368 e. The molecule has 0 spiro atoms. The number of aromatic amines is 1. The Bertz CT molecular complexity index is 1920. The lowest BCUT2D eigenvalue weighted by Crippen LogP contribution is -2.51. The average molecular weight is 597 g/mol. The molecule has 1 atom stereocenters. The predicted octanol–water partition coefficient (Wildman–Crippen LogP) is 3.83. The Balaban J connectivity index is 1.18. The number of anilines is 2. The quantitative estimate of drug-likeness (QED) is 0.241. The Morgan fingerprint density at radius 1 is 1.20 bits per heavy atom. The van der Waals surface area contributed by atoms with Gasteiger partial charge in [-0.25, -0.2) is 18.7 Å². The Morgan fingerprint density at radius 3 is 2.61 bits per heavy atom. The van der Waals surface area contributed by atoms with Crippen LogP contribution in [0, 0.1) is 17.1 Å². The van der Waals surface area contributed by atoms with Crippen molar-refractivity contribution in [1.82, 2.24) is 40.1 Å². The van der Waals surface area contributed by atoms with Gasteiger partial charge in [0.1, 0.15) is 17.4 Å². The van der Waals surface area contributed by atoms with Crippen molar-refractivity contribution in [2.45, 2.75) is 50.3 Å². The van der Waals surface area contributed by atoms with Crippen LogP contribution in [-0.4, -0.2) is 53.4 Å². The number of methoxy groups -OCH3 is 1. The molecule has 1 aliphatic carbocycles. The molecule has 1 aliphatic rings. The molecular weight excluding hydrogens is 567 g/mol. The maximum Gasteiger partial charge on any atom is 0.275 e. The summed E-state index contributed by atoms with van der Waals surface area (Å²) in [5.41, 5.74) is -0.247. The van der Waals surface area contributed by atoms with Crippen molar-refractivity contribution in [3.63, 3.8) is 0 Å². The molecule has 14 heteroatoms. The van der Waals surface area contributed by atoms with E-state index in [1.54, 1.807) is 42.6 Å². The highest BCUT2D eigenvalue weighted by atomic mass is 19.1. The normalized spacial score (nSPS) is 18.9. The lowest BCUT2D eigenvalue weighted by molar-refractivity contribution is -0.149. The molecule has 44 heavy (non-hydrogen) atoms. The number of pyridine rings is 1. The fraction of sp³-hybridized carbons (Fsp3) is 0.300. The van der Waals surface area contributed by atoms with Gasteiger partial charge in [0, 0.05) is 24.8 Å². The molecule has 0 aliphatic heterocycles. The van der Waals surface area contributed by atoms with Gasteiger partial charge in [-0.05, 0) is 50.3 Å². The van der Waals surface area contributed by atoms with Gasteiger partial charge in [0.15, 0.2) is 23.3 Å². The standard InChI is InChI=1S/C30H29FN10O3/c1-18(19-7-8-26(33-15-19)40-17-20(31)16-34-40)35-29(43)30(44-2)11-9-22(10-12-30)41-28(42)24-6-4-3-5-23(24)27(39-41)36-25-13-21(14-32)37-38-25/h3-8,13,15-18,22H,9-12H2,1-2H3,(H,35,43)(H2,36,37,38,39)/t18-,22?,30?/m0/s1. The molecule has 6 rings (SSSR count). The molecule has 0 bridgehead atoms. The highest BCUT2D eigenvalue weighted by Crippen LogP contribution is 2.37. The van der Waals surface area contributed by atoms with E-state index >= 15 is 0 Å². The van der Waals surface area contributed by atoms with E-state index in [4.69, 9.17) is 10.00 Å². The second kappa shape index (κ2) is 11.7. The number of H-pyrrole nitrogens is 1. The Labute approximate surface area is 250 Å². The van der Waals surface area contributed by atoms with Crippen molar-refractivity contribution < 1.29 is 13.9 Å². The van der Waals surface area contributed by atoms with E-state index in [0.29, 0.717) is 59.6 Å². The van der Waals surface area contributed by atoms with Gasteiger partial charge in [-0.3, -0.25) is 14.7 Å². The number of hydrogen-bond donors (Lipinski definition) is 3. The van der Waals surface area contributed by atoms with E-state index in [-0.39, 0.29) is 23.6 Å². The molecule has 4 heterocycles. The van der Waals surface area contributed by atoms with Crippen LogP contribution in [0.15, 0.2) is 65.8 Å². The van der Waals surface area contributed by atoms with Crippen LogP contribution >= 0.6 is 0 Å². The number of hydrogen-bond acceptors (Lipinski definition) is 9. The van der Waals surface area contributed by atoms with Crippen LogP contribution in [0.3, 0.4) is 0 Å². The summed E-state index contributed by atoms with van der Waals surface area (Å²) in [6.07, 6.45) is 5.68. The number of fused-ring (bicyclic) bond motifs is 1. The lowest BCUT2D eigenvalue weighted by Gasteiger charge is -2.38. The van der Waals surface area contributed by atoms with E-state index in [1.807, 2.05) is 19.1 Å². The molecule has 3 N–H and O–H groups in total. The molecule has 1 fully saturated rings. The van der Waals surface area contributed by atoms with Crippen LogP contribution in [0.4, 0.5) is 16.0 Å². The van der Waals surface area contributed by atoms with Crippen molar-refractivity contribution >= 4 is 28.3 Å². The monoisotopic (exact) mass is 596 g/mol. The highest BCUT2D eigenvalue weighted by Gasteiger charge is 2.43. The first-order valence-corrected chi connectivity index (χ1v) is 14.1. The first kappa shape index (κ1) is 28.7. The molecule has 0 unspecified atom stereocenters. The van der Waals surface area contributed by atoms with Crippen molar-refractivity contribution in [3.05, 3.63) is 88.5 Å². The summed E-state index contributed by atoms with van der Waals surface area (Å²) in [7, 11) is 1.52. The summed E-state index contributed by atoms with van der Waals surface area (Å²) in [6, 6.07) is 13.6. The number of aromatic nitrogens is 7. The van der Waals surface area contributed by atoms with Crippen molar-refractivity contribution in [1.29, 1.82) is 5.26 Å². The van der Waals surface area contributed by atoms with Gasteiger partial charge in [-0.15, -0.1) is 0 Å². The van der Waals surface area contributed by atoms with Crippen molar-refractivity contribution in [2.75, 3.05) is 12.4 Å². The molecule has 5 aromatic rings. The topological polar surface area (TPSA) is 168 Å². The van der Waals surface area contributed by atoms with Crippen LogP contribution in [-0.2, 0) is 9.53 Å². The number of amides is 1. The number of carbonyl (C=O) groups excluding carboxylic acids is 1. The second-order valence-electron chi connectivity index (χ2n) is 10.7. The molecule has 0 radical (unpaired) electrons. The molecule has 224 valence electrons. The first-order chi connectivity index (χ1) is 21.3. The van der Waals surface area contributed by atoms with E-state index < -0.39 is 11.4 Å². The Morgan fingerprint density at radius 2 is 1.98 bits per heavy atom. The maximum atomic E-state index is 13.6. The molecule has 0 saturated heterocycles. The third kappa shape index (κ3) is 5.40. The summed E-state index contributed by atoms with van der Waals surface area (Å²) in [5, 5.41) is 31.7. The maximum absolute atomic E-state index is 13.6. The molecule has 13 nitrogen and oxygen atoms in total. The summed E-state index contributed by atoms with van der Waals surface area (Å²) >= 11 is 0. The number of rotatable bonds is 8. The van der Waals surface area contributed by atoms with Crippen LogP contribution in [0.2, 0.25) is 0 Å². The fourth-order valence-electron chi connectivity index (χ4n) is 5.57. The van der Waals surface area contributed by atoms with Crippen molar-refractivity contribution in [2.24, 2.45) is 0 Å². The highest BCUT2D eigenvalue weighted by molar-refractivity contribution is 5.92. The summed E-state index contributed by atoms with van der Waals surface area (Å²) in [5.74, 6) is 0.576. The SMILES string of the molecule is COC1(C(=O)N[C@@H](C)c2ccc(-n3cc(F)cn3)nc2)CCC(n2nc(Nc3cc(C#N)[nH]n3)c3ccccc3c2=O)CC1. The summed E-state index contributed by atoms with van der Waals surface area (Å²) in [6.45, 7) is 1.85. The Kier molecular flexibility index (Phi) is 7.62. The lowest BCUT2D eigenvalue weighted by atomic mass is 9.81. The zero-order valence-corrected chi connectivity index (χ0v) is 24.0. The van der Waals surface area contributed by atoms with E-state index in [9.17, 15) is 14.0 Å². The van der Waals surface area contributed by atoms with Gasteiger partial charge in [-0.1, -0.05) is 24.3 Å². The predicted molar refractivity (Wildman–Crippen MR) is 158 cm³/mol. The number of nitrogens with one attached hydrogen (secondary N) is 3. The number of nitriles is 1. The molecule has 1 saturated carbocycles. The minimum Gasteiger partial charge on any atom is -0.368 e. The first-order valence-electron chi connectivity index (χ1n) is 14.1. The minimum atomic E-state index is -1.07. The number of carbonyl (C=O) groups is 1. The van der Waals surface area contributed by atoms with E-state index in [2.05, 4.69) is 36.0 Å². The smallest absolute Gasteiger partial charge is 0.275 e. The van der Waals surface area contributed by atoms with E-state index in [0.717, 1.165) is 11.8 Å². The molecule has 1 aromatic carbocycles. The zero-order chi connectivity index (χ0) is 30.8. The number of ether oxygens (including phenoxy) is 1. The average Bonchev–Trinajstić information content (AvgIpc) is 3.71. The summed E-state index contributed by atoms with van der Waals surface area (Å²) < 4.78 is 21.9. The molecular formula is C30H29FN10O3. The summed E-state index contributed by atoms with van der Waals surface area (Å²) in [4.78, 5) is 31.4. The van der Waals surface area contributed by atoms with Crippen LogP contribution in [0.1, 0.15) is 55.9 Å². The third-order valence-electron chi connectivity index (χ3n) is 8.09. The molecule has 4 aromatic heterocycles. The van der Waals surface area contributed by atoms with E-state index in [1.165, 1.54) is 22.7 Å². The minimum absolute atomic E-state index is 0.229. The second-order valence-corrected chi connectivity index (χ2v) is 10.7. The molecule has 1 amide bonds. The number of halogens is 1. The van der Waals surface area contributed by atoms with Gasteiger partial charge >= 0.3 is 0 Å².